The number of carbonyl (C=O) groups is 2. The Balaban J connectivity index is 2.54. The van der Waals surface area contributed by atoms with Gasteiger partial charge in [-0.2, -0.15) is 0 Å². The number of aromatic carboxylic acids is 1. The van der Waals surface area contributed by atoms with E-state index >= 15 is 0 Å². The molecule has 1 unspecified atom stereocenters. The number of rotatable bonds is 8. The number of amides is 1. The van der Waals surface area contributed by atoms with E-state index < -0.39 is 23.5 Å². The minimum Gasteiger partial charge on any atom is -0.481 e. The average molecular weight is 297 g/mol. The zero-order valence-electron chi connectivity index (χ0n) is 12.2. The van der Waals surface area contributed by atoms with Gasteiger partial charge in [0.25, 0.3) is 5.91 Å². The third-order valence-corrected chi connectivity index (χ3v) is 2.93. The predicted molar refractivity (Wildman–Crippen MR) is 76.0 cm³/mol. The molecule has 1 atom stereocenters. The summed E-state index contributed by atoms with van der Waals surface area (Å²) in [6.07, 6.45) is 2.23. The molecule has 0 spiro atoms. The molecule has 21 heavy (non-hydrogen) atoms. The lowest BCUT2D eigenvalue weighted by molar-refractivity contribution is -0.127. The lowest BCUT2D eigenvalue weighted by atomic mass is 10.2. The molecule has 1 amide bonds. The molecule has 0 aromatic heterocycles. The summed E-state index contributed by atoms with van der Waals surface area (Å²) in [4.78, 5) is 22.4. The SMILES string of the molecule is CCCCCNC(=O)C(C)Oc1ccc(C(=O)O)c(F)c1. The van der Waals surface area contributed by atoms with Crippen molar-refractivity contribution in [2.24, 2.45) is 0 Å². The number of nitrogens with one attached hydrogen (secondary N) is 1. The number of carbonyl (C=O) groups excluding carboxylic acids is 1. The van der Waals surface area contributed by atoms with Crippen LogP contribution < -0.4 is 10.1 Å². The van der Waals surface area contributed by atoms with E-state index in [4.69, 9.17) is 9.84 Å². The first-order valence-electron chi connectivity index (χ1n) is 6.93. The second-order valence-electron chi connectivity index (χ2n) is 4.71. The van der Waals surface area contributed by atoms with Gasteiger partial charge in [-0.3, -0.25) is 4.79 Å². The molecule has 1 rings (SSSR count). The minimum absolute atomic E-state index is 0.119. The molecule has 0 aliphatic heterocycles. The Labute approximate surface area is 123 Å². The largest absolute Gasteiger partial charge is 0.481 e. The molecule has 0 aliphatic rings. The highest BCUT2D eigenvalue weighted by Crippen LogP contribution is 2.18. The van der Waals surface area contributed by atoms with Crippen molar-refractivity contribution in [2.45, 2.75) is 39.2 Å². The molecule has 0 saturated heterocycles. The summed E-state index contributed by atoms with van der Waals surface area (Å²) in [5.74, 6) is -2.40. The number of unbranched alkanes of at least 4 members (excludes halogenated alkanes) is 2. The van der Waals surface area contributed by atoms with Crippen LogP contribution in [0.15, 0.2) is 18.2 Å². The van der Waals surface area contributed by atoms with Crippen molar-refractivity contribution in [1.29, 1.82) is 0 Å². The third-order valence-electron chi connectivity index (χ3n) is 2.93. The van der Waals surface area contributed by atoms with Crippen molar-refractivity contribution < 1.29 is 23.8 Å². The van der Waals surface area contributed by atoms with Gasteiger partial charge in [-0.25, -0.2) is 9.18 Å². The molecular weight excluding hydrogens is 277 g/mol. The Morgan fingerprint density at radius 1 is 1.38 bits per heavy atom. The second-order valence-corrected chi connectivity index (χ2v) is 4.71. The molecule has 0 radical (unpaired) electrons. The molecule has 1 aromatic carbocycles. The molecule has 116 valence electrons. The number of halogens is 1. The Morgan fingerprint density at radius 2 is 2.10 bits per heavy atom. The Kier molecular flexibility index (Phi) is 6.65. The summed E-state index contributed by atoms with van der Waals surface area (Å²) in [7, 11) is 0. The van der Waals surface area contributed by atoms with Gasteiger partial charge in [-0.15, -0.1) is 0 Å². The number of hydrogen-bond acceptors (Lipinski definition) is 3. The van der Waals surface area contributed by atoms with E-state index in [-0.39, 0.29) is 11.7 Å². The number of hydrogen-bond donors (Lipinski definition) is 2. The van der Waals surface area contributed by atoms with Gasteiger partial charge in [-0.1, -0.05) is 19.8 Å². The van der Waals surface area contributed by atoms with E-state index in [1.165, 1.54) is 6.07 Å². The molecule has 0 bridgehead atoms. The van der Waals surface area contributed by atoms with Crippen molar-refractivity contribution in [2.75, 3.05) is 6.54 Å². The normalized spacial score (nSPS) is 11.8. The van der Waals surface area contributed by atoms with E-state index in [2.05, 4.69) is 12.2 Å². The van der Waals surface area contributed by atoms with Crippen LogP contribution in [0.5, 0.6) is 5.75 Å². The van der Waals surface area contributed by atoms with Crippen LogP contribution in [-0.2, 0) is 4.79 Å². The molecule has 0 aliphatic carbocycles. The zero-order valence-corrected chi connectivity index (χ0v) is 12.2. The van der Waals surface area contributed by atoms with Crippen LogP contribution in [0.3, 0.4) is 0 Å². The van der Waals surface area contributed by atoms with E-state index in [1.54, 1.807) is 6.92 Å². The van der Waals surface area contributed by atoms with Crippen molar-refractivity contribution in [3.8, 4) is 5.75 Å². The summed E-state index contributed by atoms with van der Waals surface area (Å²) >= 11 is 0. The highest BCUT2D eigenvalue weighted by Gasteiger charge is 2.16. The van der Waals surface area contributed by atoms with E-state index in [1.807, 2.05) is 0 Å². The van der Waals surface area contributed by atoms with Gasteiger partial charge in [0.15, 0.2) is 6.10 Å². The molecule has 6 heteroatoms. The van der Waals surface area contributed by atoms with Crippen molar-refractivity contribution in [3.63, 3.8) is 0 Å². The number of ether oxygens (including phenoxy) is 1. The highest BCUT2D eigenvalue weighted by atomic mass is 19.1. The van der Waals surface area contributed by atoms with Crippen LogP contribution in [0, 0.1) is 5.82 Å². The first-order valence-corrected chi connectivity index (χ1v) is 6.93. The summed E-state index contributed by atoms with van der Waals surface area (Å²) < 4.78 is 18.8. The fourth-order valence-corrected chi connectivity index (χ4v) is 1.73. The van der Waals surface area contributed by atoms with Crippen LogP contribution in [-0.4, -0.2) is 29.6 Å². The Hall–Kier alpha value is -2.11. The van der Waals surface area contributed by atoms with E-state index in [0.29, 0.717) is 6.54 Å². The number of carboxylic acid groups (broad SMARTS) is 1. The third kappa shape index (κ3) is 5.41. The second kappa shape index (κ2) is 8.24. The van der Waals surface area contributed by atoms with Crippen LogP contribution in [0.25, 0.3) is 0 Å². The highest BCUT2D eigenvalue weighted by molar-refractivity contribution is 5.88. The van der Waals surface area contributed by atoms with E-state index in [0.717, 1.165) is 31.4 Å². The van der Waals surface area contributed by atoms with Gasteiger partial charge in [-0.05, 0) is 25.5 Å². The number of benzene rings is 1. The van der Waals surface area contributed by atoms with E-state index in [9.17, 15) is 14.0 Å². The number of carboxylic acids is 1. The maximum absolute atomic E-state index is 13.5. The molecule has 0 fully saturated rings. The fraction of sp³-hybridized carbons (Fsp3) is 0.467. The predicted octanol–water partition coefficient (Wildman–Crippen LogP) is 2.60. The average Bonchev–Trinajstić information content (AvgIpc) is 2.43. The van der Waals surface area contributed by atoms with Gasteiger partial charge < -0.3 is 15.2 Å². The monoisotopic (exact) mass is 297 g/mol. The summed E-state index contributed by atoms with van der Waals surface area (Å²) in [5.41, 5.74) is -0.431. The van der Waals surface area contributed by atoms with Crippen molar-refractivity contribution in [1.82, 2.24) is 5.32 Å². The first-order chi connectivity index (χ1) is 9.95. The van der Waals surface area contributed by atoms with Crippen molar-refractivity contribution >= 4 is 11.9 Å². The Morgan fingerprint density at radius 3 is 2.67 bits per heavy atom. The summed E-state index contributed by atoms with van der Waals surface area (Å²) in [5, 5.41) is 11.5. The molecule has 1 aromatic rings. The Bertz CT molecular complexity index is 504. The zero-order chi connectivity index (χ0) is 15.8. The minimum atomic E-state index is -1.35. The molecule has 5 nitrogen and oxygen atoms in total. The smallest absolute Gasteiger partial charge is 0.338 e. The summed E-state index contributed by atoms with van der Waals surface area (Å²) in [6.45, 7) is 4.20. The van der Waals surface area contributed by atoms with Gasteiger partial charge in [0, 0.05) is 12.6 Å². The topological polar surface area (TPSA) is 75.6 Å². The molecular formula is C15H20FNO4. The molecule has 0 heterocycles. The molecule has 2 N–H and O–H groups in total. The summed E-state index contributed by atoms with van der Waals surface area (Å²) in [6, 6.07) is 3.40. The van der Waals surface area contributed by atoms with Crippen LogP contribution in [0.4, 0.5) is 4.39 Å². The van der Waals surface area contributed by atoms with Crippen LogP contribution in [0.2, 0.25) is 0 Å². The van der Waals surface area contributed by atoms with Crippen LogP contribution >= 0.6 is 0 Å². The molecule has 0 saturated carbocycles. The quantitative estimate of drug-likeness (QED) is 0.723. The van der Waals surface area contributed by atoms with Gasteiger partial charge in [0.1, 0.15) is 11.6 Å². The maximum Gasteiger partial charge on any atom is 0.338 e. The first kappa shape index (κ1) is 16.9. The van der Waals surface area contributed by atoms with Crippen LogP contribution in [0.1, 0.15) is 43.5 Å². The maximum atomic E-state index is 13.5. The standard InChI is InChI=1S/C15H20FNO4/c1-3-4-5-8-17-14(18)10(2)21-11-6-7-12(15(19)20)13(16)9-11/h6-7,9-10H,3-5,8H2,1-2H3,(H,17,18)(H,19,20). The lowest BCUT2D eigenvalue weighted by Gasteiger charge is -2.15. The van der Waals surface area contributed by atoms with Gasteiger partial charge in [0.2, 0.25) is 0 Å². The van der Waals surface area contributed by atoms with Crippen molar-refractivity contribution in [3.05, 3.63) is 29.6 Å². The van der Waals surface area contributed by atoms with Gasteiger partial charge >= 0.3 is 5.97 Å². The lowest BCUT2D eigenvalue weighted by Crippen LogP contribution is -2.36. The van der Waals surface area contributed by atoms with Gasteiger partial charge in [0.05, 0.1) is 5.56 Å². The fourth-order valence-electron chi connectivity index (χ4n) is 1.73.